The Bertz CT molecular complexity index is 650. The molecule has 1 aromatic rings. The molecule has 1 aliphatic rings. The van der Waals surface area contributed by atoms with Crippen LogP contribution in [0.3, 0.4) is 0 Å². The number of carbonyl (C=O) groups is 2. The number of hydrogen-bond donors (Lipinski definition) is 2. The number of benzene rings is 1. The van der Waals surface area contributed by atoms with Crippen molar-refractivity contribution in [2.75, 3.05) is 13.1 Å². The van der Waals surface area contributed by atoms with Gasteiger partial charge >= 0.3 is 18.1 Å². The van der Waals surface area contributed by atoms with E-state index in [0.717, 1.165) is 5.56 Å². The first-order valence-electron chi connectivity index (χ1n) is 7.20. The number of carboxylic acids is 1. The summed E-state index contributed by atoms with van der Waals surface area (Å²) in [6.45, 7) is 1.33. The van der Waals surface area contributed by atoms with Crippen molar-refractivity contribution in [1.82, 2.24) is 5.01 Å². The maximum atomic E-state index is 11.7. The molecule has 0 aromatic heterocycles. The summed E-state index contributed by atoms with van der Waals surface area (Å²) < 4.78 is 36.9. The molecule has 1 fully saturated rings. The van der Waals surface area contributed by atoms with E-state index in [2.05, 4.69) is 0 Å². The van der Waals surface area contributed by atoms with Gasteiger partial charge in [-0.25, -0.2) is 9.80 Å². The summed E-state index contributed by atoms with van der Waals surface area (Å²) in [7, 11) is 0. The van der Waals surface area contributed by atoms with E-state index < -0.39 is 17.1 Å². The van der Waals surface area contributed by atoms with Gasteiger partial charge in [-0.2, -0.15) is 13.2 Å². The smallest absolute Gasteiger partial charge is 0.475 e. The largest absolute Gasteiger partial charge is 0.490 e. The summed E-state index contributed by atoms with van der Waals surface area (Å²) in [5.74, 6) is 2.37. The van der Waals surface area contributed by atoms with Crippen LogP contribution in [0.25, 0.3) is 0 Å². The van der Waals surface area contributed by atoms with Crippen LogP contribution in [0.4, 0.5) is 18.9 Å². The van der Waals surface area contributed by atoms with Crippen molar-refractivity contribution in [1.29, 1.82) is 0 Å². The first-order chi connectivity index (χ1) is 12.0. The van der Waals surface area contributed by atoms with E-state index >= 15 is 0 Å². The summed E-state index contributed by atoms with van der Waals surface area (Å²) in [6, 6.07) is 5.94. The second-order valence-corrected chi connectivity index (χ2v) is 5.31. The second-order valence-electron chi connectivity index (χ2n) is 5.31. The maximum Gasteiger partial charge on any atom is 0.490 e. The van der Waals surface area contributed by atoms with Crippen LogP contribution in [-0.4, -0.2) is 46.2 Å². The number of alkyl halides is 3. The molecule has 26 heavy (non-hydrogen) atoms. The number of nitrogens with zero attached hydrogens (tertiary/aromatic N) is 2. The number of carboxylic acid groups (broad SMARTS) is 1. The quantitative estimate of drug-likeness (QED) is 0.347. The third kappa shape index (κ3) is 7.03. The molecule has 9 nitrogen and oxygen atoms in total. The fourth-order valence-corrected chi connectivity index (χ4v) is 1.97. The van der Waals surface area contributed by atoms with Gasteiger partial charge in [0.25, 0.3) is 5.69 Å². The summed E-state index contributed by atoms with van der Waals surface area (Å²) in [4.78, 5) is 30.6. The van der Waals surface area contributed by atoms with Gasteiger partial charge in [0.2, 0.25) is 0 Å². The van der Waals surface area contributed by atoms with Gasteiger partial charge in [0.05, 0.1) is 10.8 Å². The Hall–Kier alpha value is -2.73. The molecular weight excluding hydrogens is 363 g/mol. The average molecular weight is 379 g/mol. The number of esters is 1. The molecule has 0 bridgehead atoms. The van der Waals surface area contributed by atoms with Crippen LogP contribution in [0.15, 0.2) is 24.3 Å². The highest BCUT2D eigenvalue weighted by Crippen LogP contribution is 2.17. The molecular formula is C14H16F3N3O6. The minimum atomic E-state index is -5.08. The van der Waals surface area contributed by atoms with Gasteiger partial charge in [-0.3, -0.25) is 20.8 Å². The topological polar surface area (TPSA) is 136 Å². The van der Waals surface area contributed by atoms with Gasteiger partial charge in [-0.05, 0) is 24.1 Å². The van der Waals surface area contributed by atoms with Gasteiger partial charge in [-0.15, -0.1) is 0 Å². The molecule has 144 valence electrons. The normalized spacial score (nSPS) is 17.2. The Labute approximate surface area is 145 Å². The fraction of sp³-hybridized carbons (Fsp3) is 0.429. The van der Waals surface area contributed by atoms with E-state index in [0.29, 0.717) is 19.5 Å². The number of aliphatic carboxylic acids is 1. The van der Waals surface area contributed by atoms with E-state index in [1.165, 1.54) is 12.1 Å². The summed E-state index contributed by atoms with van der Waals surface area (Å²) in [6.07, 6.45) is -4.38. The van der Waals surface area contributed by atoms with Gasteiger partial charge in [0, 0.05) is 25.2 Å². The minimum Gasteiger partial charge on any atom is -0.475 e. The predicted molar refractivity (Wildman–Crippen MR) is 80.5 cm³/mol. The van der Waals surface area contributed by atoms with E-state index in [4.69, 9.17) is 20.5 Å². The average Bonchev–Trinajstić information content (AvgIpc) is 2.99. The molecule has 0 spiro atoms. The standard InChI is InChI=1S/C12H15N3O4.C2HF3O2/c13-14-6-5-10(7-14)12(16)19-8-9-1-3-11(4-2-9)15(17)18;3-2(4,5)1(6)7/h1-4,10H,5-8,13H2;(H,6,7)/t10-;/m0./s1. The molecule has 0 aliphatic carbocycles. The molecule has 1 atom stereocenters. The first kappa shape index (κ1) is 21.3. The molecule has 0 saturated carbocycles. The molecule has 1 heterocycles. The van der Waals surface area contributed by atoms with Crippen LogP contribution in [0.2, 0.25) is 0 Å². The van der Waals surface area contributed by atoms with Crippen molar-refractivity contribution in [2.24, 2.45) is 11.8 Å². The highest BCUT2D eigenvalue weighted by atomic mass is 19.4. The molecule has 0 amide bonds. The zero-order chi connectivity index (χ0) is 19.9. The van der Waals surface area contributed by atoms with Crippen LogP contribution in [0, 0.1) is 16.0 Å². The summed E-state index contributed by atoms with van der Waals surface area (Å²) in [5.41, 5.74) is 0.742. The number of nitrogens with two attached hydrogens (primary N) is 1. The zero-order valence-electron chi connectivity index (χ0n) is 13.3. The molecule has 3 N–H and O–H groups in total. The number of hydrazine groups is 1. The van der Waals surface area contributed by atoms with E-state index in [1.54, 1.807) is 17.1 Å². The highest BCUT2D eigenvalue weighted by molar-refractivity contribution is 5.73. The van der Waals surface area contributed by atoms with Crippen molar-refractivity contribution in [3.63, 3.8) is 0 Å². The van der Waals surface area contributed by atoms with E-state index in [9.17, 15) is 28.1 Å². The third-order valence-electron chi connectivity index (χ3n) is 3.32. The Morgan fingerprint density at radius 3 is 2.27 bits per heavy atom. The number of ether oxygens (including phenoxy) is 1. The Morgan fingerprint density at radius 1 is 1.35 bits per heavy atom. The Morgan fingerprint density at radius 2 is 1.88 bits per heavy atom. The number of nitro benzene ring substituents is 1. The lowest BCUT2D eigenvalue weighted by Gasteiger charge is -2.10. The number of halogens is 3. The Kier molecular flexibility index (Phi) is 7.46. The summed E-state index contributed by atoms with van der Waals surface area (Å²) >= 11 is 0. The van der Waals surface area contributed by atoms with Gasteiger partial charge < -0.3 is 9.84 Å². The van der Waals surface area contributed by atoms with Gasteiger partial charge in [0.1, 0.15) is 6.61 Å². The van der Waals surface area contributed by atoms with Crippen molar-refractivity contribution in [2.45, 2.75) is 19.2 Å². The number of nitro groups is 1. The number of rotatable bonds is 4. The van der Waals surface area contributed by atoms with Crippen LogP contribution in [-0.2, 0) is 20.9 Å². The monoisotopic (exact) mass is 379 g/mol. The number of carbonyl (C=O) groups excluding carboxylic acids is 1. The van der Waals surface area contributed by atoms with Crippen LogP contribution < -0.4 is 5.84 Å². The highest BCUT2D eigenvalue weighted by Gasteiger charge is 2.38. The first-order valence-corrected chi connectivity index (χ1v) is 7.20. The molecule has 1 aliphatic heterocycles. The maximum absolute atomic E-state index is 11.7. The molecule has 0 radical (unpaired) electrons. The molecule has 2 rings (SSSR count). The number of hydrogen-bond acceptors (Lipinski definition) is 7. The lowest BCUT2D eigenvalue weighted by molar-refractivity contribution is -0.384. The van der Waals surface area contributed by atoms with Crippen LogP contribution >= 0.6 is 0 Å². The van der Waals surface area contributed by atoms with E-state index in [1.807, 2.05) is 0 Å². The van der Waals surface area contributed by atoms with Gasteiger partial charge in [-0.1, -0.05) is 0 Å². The van der Waals surface area contributed by atoms with Crippen molar-refractivity contribution in [3.05, 3.63) is 39.9 Å². The van der Waals surface area contributed by atoms with Crippen LogP contribution in [0.5, 0.6) is 0 Å². The fourth-order valence-electron chi connectivity index (χ4n) is 1.97. The Balaban J connectivity index is 0.000000412. The third-order valence-corrected chi connectivity index (χ3v) is 3.32. The van der Waals surface area contributed by atoms with Crippen LogP contribution in [0.1, 0.15) is 12.0 Å². The molecule has 0 unspecified atom stereocenters. The molecule has 1 aromatic carbocycles. The molecule has 12 heteroatoms. The SMILES string of the molecule is NN1CC[C@H](C(=O)OCc2ccc([N+](=O)[O-])cc2)C1.O=C(O)C(F)(F)F. The predicted octanol–water partition coefficient (Wildman–Crippen LogP) is 1.47. The lowest BCUT2D eigenvalue weighted by Crippen LogP contribution is -2.29. The molecule has 1 saturated heterocycles. The van der Waals surface area contributed by atoms with Crippen molar-refractivity contribution >= 4 is 17.6 Å². The van der Waals surface area contributed by atoms with Crippen molar-refractivity contribution < 1.29 is 37.5 Å². The van der Waals surface area contributed by atoms with E-state index in [-0.39, 0.29) is 24.2 Å². The summed E-state index contributed by atoms with van der Waals surface area (Å²) in [5, 5.41) is 19.2. The second kappa shape index (κ2) is 9.10. The number of non-ortho nitro benzene ring substituents is 1. The zero-order valence-corrected chi connectivity index (χ0v) is 13.3. The minimum absolute atomic E-state index is 0.0182. The van der Waals surface area contributed by atoms with Gasteiger partial charge in [0.15, 0.2) is 0 Å². The lowest BCUT2D eigenvalue weighted by atomic mass is 10.1. The van der Waals surface area contributed by atoms with Crippen molar-refractivity contribution in [3.8, 4) is 0 Å².